The van der Waals surface area contributed by atoms with Crippen LogP contribution in [0.3, 0.4) is 0 Å². The van der Waals surface area contributed by atoms with Gasteiger partial charge in [0.2, 0.25) is 0 Å². The predicted molar refractivity (Wildman–Crippen MR) is 118 cm³/mol. The molecular weight excluding hydrogens is 436 g/mol. The number of halogens is 2. The van der Waals surface area contributed by atoms with E-state index in [1.165, 1.54) is 34.9 Å². The summed E-state index contributed by atoms with van der Waals surface area (Å²) >= 11 is 0.983. The van der Waals surface area contributed by atoms with Crippen LogP contribution in [0, 0.1) is 11.3 Å². The molecule has 0 radical (unpaired) electrons. The van der Waals surface area contributed by atoms with Gasteiger partial charge in [-0.25, -0.2) is 0 Å². The maximum atomic E-state index is 13.2. The van der Waals surface area contributed by atoms with Crippen molar-refractivity contribution in [1.29, 1.82) is 5.26 Å². The molecule has 0 saturated carbocycles. The third-order valence-corrected chi connectivity index (χ3v) is 5.29. The standard InChI is InChI=1S/C23H17F2N3O3S/c1-2-12-27-20(29)18(14-26)22-28(16-6-4-3-5-7-16)21(30)19(32-22)13-15-8-10-17(11-9-15)31-23(24)25/h2-11,13,23H,1,12H2,(H,27,29). The van der Waals surface area contributed by atoms with E-state index in [1.54, 1.807) is 36.4 Å². The average Bonchev–Trinajstić information content (AvgIpc) is 3.10. The van der Waals surface area contributed by atoms with Crippen LogP contribution in [0.5, 0.6) is 5.75 Å². The molecule has 0 aliphatic rings. The Hall–Kier alpha value is -4.03. The van der Waals surface area contributed by atoms with E-state index in [0.717, 1.165) is 11.3 Å². The van der Waals surface area contributed by atoms with Crippen LogP contribution in [-0.4, -0.2) is 23.6 Å². The maximum Gasteiger partial charge on any atom is 0.387 e. The number of thiazole rings is 1. The Morgan fingerprint density at radius 3 is 2.50 bits per heavy atom. The Morgan fingerprint density at radius 2 is 1.91 bits per heavy atom. The zero-order chi connectivity index (χ0) is 23.1. The average molecular weight is 453 g/mol. The van der Waals surface area contributed by atoms with Crippen molar-refractivity contribution in [3.05, 3.63) is 92.4 Å². The van der Waals surface area contributed by atoms with E-state index in [1.807, 2.05) is 6.07 Å². The zero-order valence-corrected chi connectivity index (χ0v) is 17.4. The summed E-state index contributed by atoms with van der Waals surface area (Å²) < 4.78 is 30.7. The summed E-state index contributed by atoms with van der Waals surface area (Å²) in [5.74, 6) is -0.636. The van der Waals surface area contributed by atoms with Crippen molar-refractivity contribution in [1.82, 2.24) is 9.88 Å². The van der Waals surface area contributed by atoms with Gasteiger partial charge in [-0.2, -0.15) is 14.0 Å². The van der Waals surface area contributed by atoms with Crippen LogP contribution < -0.4 is 24.8 Å². The van der Waals surface area contributed by atoms with Gasteiger partial charge in [-0.05, 0) is 35.9 Å². The van der Waals surface area contributed by atoms with Crippen LogP contribution in [0.4, 0.5) is 8.78 Å². The lowest BCUT2D eigenvalue weighted by Gasteiger charge is -2.04. The van der Waals surface area contributed by atoms with E-state index in [-0.39, 0.29) is 27.1 Å². The fraction of sp³-hybridized carbons (Fsp3) is 0.0870. The van der Waals surface area contributed by atoms with Gasteiger partial charge >= 0.3 is 6.61 Å². The van der Waals surface area contributed by atoms with Gasteiger partial charge in [0.25, 0.3) is 11.5 Å². The minimum absolute atomic E-state index is 0.00953. The highest BCUT2D eigenvalue weighted by molar-refractivity contribution is 7.07. The molecule has 0 bridgehead atoms. The number of hydrogen-bond donors (Lipinski definition) is 1. The van der Waals surface area contributed by atoms with Crippen LogP contribution in [0.2, 0.25) is 0 Å². The first-order chi connectivity index (χ1) is 15.4. The Kier molecular flexibility index (Phi) is 7.31. The minimum Gasteiger partial charge on any atom is -0.435 e. The third kappa shape index (κ3) is 5.17. The molecule has 6 nitrogen and oxygen atoms in total. The van der Waals surface area contributed by atoms with E-state index in [4.69, 9.17) is 0 Å². The molecule has 1 N–H and O–H groups in total. The van der Waals surface area contributed by atoms with Crippen LogP contribution in [-0.2, 0) is 4.79 Å². The van der Waals surface area contributed by atoms with Crippen LogP contribution in [0.1, 0.15) is 5.56 Å². The monoisotopic (exact) mass is 453 g/mol. The van der Waals surface area contributed by atoms with E-state index in [2.05, 4.69) is 16.6 Å². The second-order valence-electron chi connectivity index (χ2n) is 6.32. The molecule has 0 aliphatic heterocycles. The Labute approximate surface area is 185 Å². The van der Waals surface area contributed by atoms with Crippen LogP contribution in [0.15, 0.2) is 72.0 Å². The number of para-hydroxylation sites is 1. The van der Waals surface area contributed by atoms with Crippen LogP contribution in [0.25, 0.3) is 17.3 Å². The summed E-state index contributed by atoms with van der Waals surface area (Å²) in [6.45, 7) is 0.756. The topological polar surface area (TPSA) is 84.1 Å². The van der Waals surface area contributed by atoms with Crippen molar-refractivity contribution < 1.29 is 18.3 Å². The third-order valence-electron chi connectivity index (χ3n) is 4.20. The van der Waals surface area contributed by atoms with Gasteiger partial charge < -0.3 is 10.1 Å². The highest BCUT2D eigenvalue weighted by Crippen LogP contribution is 2.15. The number of nitriles is 1. The fourth-order valence-electron chi connectivity index (χ4n) is 2.81. The lowest BCUT2D eigenvalue weighted by atomic mass is 10.2. The molecule has 3 rings (SSSR count). The highest BCUT2D eigenvalue weighted by atomic mass is 32.1. The number of carbonyl (C=O) groups is 1. The fourth-order valence-corrected chi connectivity index (χ4v) is 3.91. The van der Waals surface area contributed by atoms with Gasteiger partial charge in [0.15, 0.2) is 5.57 Å². The molecule has 0 aliphatic carbocycles. The molecule has 0 atom stereocenters. The number of benzene rings is 2. The second-order valence-corrected chi connectivity index (χ2v) is 7.36. The minimum atomic E-state index is -2.94. The Morgan fingerprint density at radius 1 is 1.22 bits per heavy atom. The smallest absolute Gasteiger partial charge is 0.387 e. The number of rotatable bonds is 7. The van der Waals surface area contributed by atoms with Gasteiger partial charge in [-0.3, -0.25) is 14.2 Å². The first kappa shape index (κ1) is 22.7. The summed E-state index contributed by atoms with van der Waals surface area (Å²) in [4.78, 5) is 25.7. The summed E-state index contributed by atoms with van der Waals surface area (Å²) in [6, 6.07) is 16.3. The first-order valence-corrected chi connectivity index (χ1v) is 10.1. The van der Waals surface area contributed by atoms with E-state index in [9.17, 15) is 23.6 Å². The van der Waals surface area contributed by atoms with Crippen molar-refractivity contribution in [3.63, 3.8) is 0 Å². The lowest BCUT2D eigenvalue weighted by Crippen LogP contribution is -2.33. The number of nitrogens with zero attached hydrogens (tertiary/aromatic N) is 2. The number of aromatic nitrogens is 1. The molecule has 0 saturated heterocycles. The van der Waals surface area contributed by atoms with Gasteiger partial charge in [0.1, 0.15) is 16.5 Å². The number of alkyl halides is 2. The van der Waals surface area contributed by atoms with Crippen molar-refractivity contribution in [3.8, 4) is 17.5 Å². The molecule has 9 heteroatoms. The van der Waals surface area contributed by atoms with Crippen molar-refractivity contribution >= 4 is 28.9 Å². The molecule has 0 fully saturated rings. The van der Waals surface area contributed by atoms with Crippen molar-refractivity contribution in [2.24, 2.45) is 0 Å². The van der Waals surface area contributed by atoms with E-state index < -0.39 is 18.1 Å². The van der Waals surface area contributed by atoms with Gasteiger partial charge in [0.05, 0.1) is 10.2 Å². The Balaban J connectivity index is 2.22. The second kappa shape index (κ2) is 10.3. The number of carbonyl (C=O) groups excluding carboxylic acids is 1. The normalized spacial score (nSPS) is 12.2. The van der Waals surface area contributed by atoms with Gasteiger partial charge in [-0.15, -0.1) is 17.9 Å². The van der Waals surface area contributed by atoms with Gasteiger partial charge in [-0.1, -0.05) is 36.4 Å². The van der Waals surface area contributed by atoms with E-state index in [0.29, 0.717) is 11.3 Å². The summed E-state index contributed by atoms with van der Waals surface area (Å²) in [7, 11) is 0. The molecule has 1 amide bonds. The molecular formula is C23H17F2N3O3S. The number of nitrogens with one attached hydrogen (secondary N) is 1. The molecule has 0 unspecified atom stereocenters. The van der Waals surface area contributed by atoms with Crippen molar-refractivity contribution in [2.45, 2.75) is 6.61 Å². The molecule has 1 heterocycles. The number of ether oxygens (including phenoxy) is 1. The predicted octanol–water partition coefficient (Wildman–Crippen LogP) is 2.31. The largest absolute Gasteiger partial charge is 0.435 e. The zero-order valence-electron chi connectivity index (χ0n) is 16.6. The summed E-state index contributed by atoms with van der Waals surface area (Å²) in [5.41, 5.74) is 0.422. The van der Waals surface area contributed by atoms with Crippen molar-refractivity contribution in [2.75, 3.05) is 6.54 Å². The highest BCUT2D eigenvalue weighted by Gasteiger charge is 2.16. The molecule has 2 aromatic carbocycles. The molecule has 3 aromatic rings. The number of amides is 1. The lowest BCUT2D eigenvalue weighted by molar-refractivity contribution is -0.115. The van der Waals surface area contributed by atoms with E-state index >= 15 is 0 Å². The first-order valence-electron chi connectivity index (χ1n) is 9.32. The summed E-state index contributed by atoms with van der Waals surface area (Å²) in [6.07, 6.45) is 3.03. The quantitative estimate of drug-likeness (QED) is 0.557. The molecule has 32 heavy (non-hydrogen) atoms. The summed E-state index contributed by atoms with van der Waals surface area (Å²) in [5, 5.41) is 12.2. The number of hydrogen-bond acceptors (Lipinski definition) is 5. The maximum absolute atomic E-state index is 13.2. The van der Waals surface area contributed by atoms with Crippen LogP contribution >= 0.6 is 11.3 Å². The molecule has 1 aromatic heterocycles. The molecule has 0 spiro atoms. The SMILES string of the molecule is C=CCNC(=O)C(C#N)=c1sc(=Cc2ccc(OC(F)F)cc2)c(=O)n1-c1ccccc1. The Bertz CT molecular complexity index is 1340. The van der Waals surface area contributed by atoms with Gasteiger partial charge in [0, 0.05) is 6.54 Å². The molecule has 162 valence electrons.